The number of carbonyl (C=O) groups excluding carboxylic acids is 1. The Balaban J connectivity index is 1.28. The van der Waals surface area contributed by atoms with Gasteiger partial charge in [0.15, 0.2) is 10.8 Å². The molecule has 0 unspecified atom stereocenters. The number of hydrogen-bond acceptors (Lipinski definition) is 6. The van der Waals surface area contributed by atoms with E-state index in [0.29, 0.717) is 0 Å². The topological polar surface area (TPSA) is 72.3 Å². The summed E-state index contributed by atoms with van der Waals surface area (Å²) in [4.78, 5) is 19.9. The monoisotopic (exact) mass is 461 g/mol. The molecule has 3 heterocycles. The second-order valence-corrected chi connectivity index (χ2v) is 9.43. The molecule has 170 valence electrons. The van der Waals surface area contributed by atoms with Crippen LogP contribution in [-0.4, -0.2) is 46.9 Å². The predicted octanol–water partition coefficient (Wildman–Crippen LogP) is 4.51. The first kappa shape index (κ1) is 21.5. The molecule has 8 heteroatoms. The standard InChI is InChI=1S/C25H27N5O2S/c1-16-5-4-6-18(15-16)24(31)26-19-11-13-29(14-12-19)25-27-23-22(33-25)17(2)28-30(23)20-7-9-21(32-3)10-8-20/h4-10,15,19H,11-14H2,1-3H3,(H,26,31). The minimum absolute atomic E-state index is 0.00680. The van der Waals surface area contributed by atoms with E-state index in [4.69, 9.17) is 14.8 Å². The van der Waals surface area contributed by atoms with Crippen LogP contribution in [0.15, 0.2) is 48.5 Å². The summed E-state index contributed by atoms with van der Waals surface area (Å²) in [7, 11) is 1.66. The maximum absolute atomic E-state index is 12.6. The molecule has 0 spiro atoms. The number of ether oxygens (including phenoxy) is 1. The molecule has 0 aliphatic carbocycles. The largest absolute Gasteiger partial charge is 0.497 e. The SMILES string of the molecule is COc1ccc(-n2nc(C)c3sc(N4CCC(NC(=O)c5cccc(C)c5)CC4)nc32)cc1. The number of fused-ring (bicyclic) bond motifs is 1. The van der Waals surface area contributed by atoms with Crippen LogP contribution in [0.25, 0.3) is 16.0 Å². The fourth-order valence-corrected chi connectivity index (χ4v) is 5.27. The molecule has 7 nitrogen and oxygen atoms in total. The molecule has 1 amide bonds. The Labute approximate surface area is 197 Å². The minimum Gasteiger partial charge on any atom is -0.497 e. The first-order valence-corrected chi connectivity index (χ1v) is 12.0. The smallest absolute Gasteiger partial charge is 0.251 e. The highest BCUT2D eigenvalue weighted by atomic mass is 32.1. The van der Waals surface area contributed by atoms with Gasteiger partial charge in [-0.2, -0.15) is 10.1 Å². The van der Waals surface area contributed by atoms with Crippen molar-refractivity contribution in [2.75, 3.05) is 25.1 Å². The van der Waals surface area contributed by atoms with E-state index in [0.717, 1.165) is 69.7 Å². The third kappa shape index (κ3) is 4.30. The fraction of sp³-hybridized carbons (Fsp3) is 0.320. The van der Waals surface area contributed by atoms with E-state index >= 15 is 0 Å². The number of anilines is 1. The number of carbonyl (C=O) groups is 1. The van der Waals surface area contributed by atoms with Gasteiger partial charge < -0.3 is 15.0 Å². The number of aryl methyl sites for hydroxylation is 2. The van der Waals surface area contributed by atoms with Crippen molar-refractivity contribution in [3.63, 3.8) is 0 Å². The third-order valence-corrected chi connectivity index (χ3v) is 7.29. The number of rotatable bonds is 5. The molecule has 2 aromatic carbocycles. The second-order valence-electron chi connectivity index (χ2n) is 8.45. The number of aromatic nitrogens is 3. The van der Waals surface area contributed by atoms with Gasteiger partial charge in [0.05, 0.1) is 23.2 Å². The highest BCUT2D eigenvalue weighted by Gasteiger charge is 2.25. The molecule has 1 N–H and O–H groups in total. The van der Waals surface area contributed by atoms with Crippen LogP contribution >= 0.6 is 11.3 Å². The highest BCUT2D eigenvalue weighted by molar-refractivity contribution is 7.22. The number of methoxy groups -OCH3 is 1. The number of nitrogens with zero attached hydrogens (tertiary/aromatic N) is 4. The van der Waals surface area contributed by atoms with Crippen molar-refractivity contribution in [2.45, 2.75) is 32.7 Å². The molecular weight excluding hydrogens is 434 g/mol. The lowest BCUT2D eigenvalue weighted by molar-refractivity contribution is 0.0931. The molecule has 4 aromatic rings. The number of amides is 1. The van der Waals surface area contributed by atoms with Crippen LogP contribution in [0.4, 0.5) is 5.13 Å². The van der Waals surface area contributed by atoms with Gasteiger partial charge in [0.25, 0.3) is 5.91 Å². The van der Waals surface area contributed by atoms with Gasteiger partial charge in [-0.05, 0) is 63.1 Å². The summed E-state index contributed by atoms with van der Waals surface area (Å²) < 4.78 is 8.28. The summed E-state index contributed by atoms with van der Waals surface area (Å²) in [6.07, 6.45) is 1.80. The zero-order chi connectivity index (χ0) is 22.9. The summed E-state index contributed by atoms with van der Waals surface area (Å²) in [6.45, 7) is 5.76. The van der Waals surface area contributed by atoms with Crippen molar-refractivity contribution in [3.8, 4) is 11.4 Å². The number of thiazole rings is 1. The highest BCUT2D eigenvalue weighted by Crippen LogP contribution is 2.34. The van der Waals surface area contributed by atoms with Gasteiger partial charge in [-0.3, -0.25) is 4.79 Å². The molecule has 1 aliphatic rings. The van der Waals surface area contributed by atoms with E-state index in [1.54, 1.807) is 18.4 Å². The number of nitrogens with one attached hydrogen (secondary N) is 1. The Hall–Kier alpha value is -3.39. The second kappa shape index (κ2) is 8.86. The average molecular weight is 462 g/mol. The molecule has 2 aromatic heterocycles. The quantitative estimate of drug-likeness (QED) is 0.474. The molecule has 1 saturated heterocycles. The molecule has 0 radical (unpaired) electrons. The minimum atomic E-state index is 0.00680. The molecule has 1 fully saturated rings. The molecular formula is C25H27N5O2S. The summed E-state index contributed by atoms with van der Waals surface area (Å²) in [6, 6.07) is 15.8. The summed E-state index contributed by atoms with van der Waals surface area (Å²) in [5.41, 5.74) is 4.64. The van der Waals surface area contributed by atoms with Crippen LogP contribution in [0.1, 0.15) is 34.5 Å². The van der Waals surface area contributed by atoms with E-state index in [-0.39, 0.29) is 11.9 Å². The van der Waals surface area contributed by atoms with Gasteiger partial charge >= 0.3 is 0 Å². The lowest BCUT2D eigenvalue weighted by Crippen LogP contribution is -2.44. The van der Waals surface area contributed by atoms with Crippen LogP contribution in [0.3, 0.4) is 0 Å². The van der Waals surface area contributed by atoms with Gasteiger partial charge in [0, 0.05) is 24.7 Å². The van der Waals surface area contributed by atoms with Gasteiger partial charge in [-0.15, -0.1) is 0 Å². The lowest BCUT2D eigenvalue weighted by atomic mass is 10.0. The van der Waals surface area contributed by atoms with Crippen molar-refractivity contribution in [2.24, 2.45) is 0 Å². The van der Waals surface area contributed by atoms with Gasteiger partial charge in [-0.1, -0.05) is 29.0 Å². The fourth-order valence-electron chi connectivity index (χ4n) is 4.23. The molecule has 5 rings (SSSR count). The number of benzene rings is 2. The summed E-state index contributed by atoms with van der Waals surface area (Å²) in [5.74, 6) is 0.822. The normalized spacial score (nSPS) is 14.6. The predicted molar refractivity (Wildman–Crippen MR) is 132 cm³/mol. The van der Waals surface area contributed by atoms with Crippen molar-refractivity contribution in [1.29, 1.82) is 0 Å². The van der Waals surface area contributed by atoms with Crippen LogP contribution in [0.2, 0.25) is 0 Å². The van der Waals surface area contributed by atoms with E-state index in [1.165, 1.54) is 0 Å². The van der Waals surface area contributed by atoms with Crippen molar-refractivity contribution < 1.29 is 9.53 Å². The van der Waals surface area contributed by atoms with Crippen LogP contribution in [0, 0.1) is 13.8 Å². The molecule has 0 bridgehead atoms. The summed E-state index contributed by atoms with van der Waals surface area (Å²) >= 11 is 1.69. The van der Waals surface area contributed by atoms with E-state index in [1.807, 2.05) is 67.1 Å². The summed E-state index contributed by atoms with van der Waals surface area (Å²) in [5, 5.41) is 8.91. The Morgan fingerprint density at radius 2 is 1.88 bits per heavy atom. The van der Waals surface area contributed by atoms with Gasteiger partial charge in [-0.25, -0.2) is 4.68 Å². The van der Waals surface area contributed by atoms with E-state index < -0.39 is 0 Å². The Morgan fingerprint density at radius 1 is 1.12 bits per heavy atom. The van der Waals surface area contributed by atoms with Gasteiger partial charge in [0.1, 0.15) is 5.75 Å². The first-order chi connectivity index (χ1) is 16.0. The maximum atomic E-state index is 12.6. The molecule has 0 saturated carbocycles. The van der Waals surface area contributed by atoms with E-state index in [2.05, 4.69) is 10.2 Å². The Bertz CT molecular complexity index is 1290. The zero-order valence-electron chi connectivity index (χ0n) is 19.0. The number of hydrogen-bond donors (Lipinski definition) is 1. The Kier molecular flexibility index (Phi) is 5.76. The molecule has 33 heavy (non-hydrogen) atoms. The first-order valence-electron chi connectivity index (χ1n) is 11.1. The Morgan fingerprint density at radius 3 is 2.58 bits per heavy atom. The van der Waals surface area contributed by atoms with Crippen LogP contribution in [-0.2, 0) is 0 Å². The zero-order valence-corrected chi connectivity index (χ0v) is 19.9. The van der Waals surface area contributed by atoms with Crippen molar-refractivity contribution in [3.05, 3.63) is 65.4 Å². The lowest BCUT2D eigenvalue weighted by Gasteiger charge is -2.32. The molecule has 1 aliphatic heterocycles. The molecule has 0 atom stereocenters. The van der Waals surface area contributed by atoms with Crippen molar-refractivity contribution in [1.82, 2.24) is 20.1 Å². The van der Waals surface area contributed by atoms with Crippen LogP contribution in [0.5, 0.6) is 5.75 Å². The third-order valence-electron chi connectivity index (χ3n) is 6.08. The van der Waals surface area contributed by atoms with Gasteiger partial charge in [0.2, 0.25) is 0 Å². The van der Waals surface area contributed by atoms with E-state index in [9.17, 15) is 4.79 Å². The van der Waals surface area contributed by atoms with Crippen LogP contribution < -0.4 is 15.0 Å². The average Bonchev–Trinajstić information content (AvgIpc) is 3.40. The maximum Gasteiger partial charge on any atom is 0.251 e. The number of piperidine rings is 1. The van der Waals surface area contributed by atoms with Crippen molar-refractivity contribution >= 4 is 32.7 Å².